The number of likely N-dealkylation sites (N-methyl/N-ethyl adjacent to an activating group) is 1. The Labute approximate surface area is 182 Å². The Morgan fingerprint density at radius 1 is 1.10 bits per heavy atom. The van der Waals surface area contributed by atoms with Gasteiger partial charge in [-0.05, 0) is 48.5 Å². The number of amides is 1. The van der Waals surface area contributed by atoms with Crippen LogP contribution in [0.5, 0.6) is 5.75 Å². The van der Waals surface area contributed by atoms with Crippen LogP contribution in [0.25, 0.3) is 6.08 Å². The largest absolute Gasteiger partial charge is 0.506 e. The quantitative estimate of drug-likeness (QED) is 0.131. The molecule has 166 valence electrons. The second kappa shape index (κ2) is 12.5. The Hall–Kier alpha value is -3.20. The van der Waals surface area contributed by atoms with Crippen molar-refractivity contribution in [3.63, 3.8) is 0 Å². The normalized spacial score (nSPS) is 12.0. The maximum Gasteiger partial charge on any atom is 0.251 e. The molecule has 8 heteroatoms. The molecule has 6 N–H and O–H groups in total. The highest BCUT2D eigenvalue weighted by atomic mass is 16.3. The number of aldehydes is 1. The van der Waals surface area contributed by atoms with Gasteiger partial charge in [-0.3, -0.25) is 9.59 Å². The van der Waals surface area contributed by atoms with Crippen LogP contribution in [0, 0.1) is 0 Å². The van der Waals surface area contributed by atoms with Crippen LogP contribution >= 0.6 is 0 Å². The summed E-state index contributed by atoms with van der Waals surface area (Å²) in [6.45, 7) is 2.05. The number of anilines is 1. The van der Waals surface area contributed by atoms with Gasteiger partial charge in [0.1, 0.15) is 12.0 Å². The monoisotopic (exact) mass is 426 g/mol. The molecule has 0 bridgehead atoms. The Morgan fingerprint density at radius 2 is 1.84 bits per heavy atom. The molecule has 0 saturated carbocycles. The van der Waals surface area contributed by atoms with Gasteiger partial charge in [-0.25, -0.2) is 0 Å². The van der Waals surface area contributed by atoms with E-state index in [1.807, 2.05) is 19.2 Å². The average Bonchev–Trinajstić information content (AvgIpc) is 2.78. The Morgan fingerprint density at radius 3 is 2.48 bits per heavy atom. The minimum atomic E-state index is -0.851. The molecular formula is C23H30N4O4. The molecule has 2 aromatic carbocycles. The molecule has 8 nitrogen and oxygen atoms in total. The fourth-order valence-electron chi connectivity index (χ4n) is 3.13. The van der Waals surface area contributed by atoms with Crippen LogP contribution in [0.1, 0.15) is 33.2 Å². The van der Waals surface area contributed by atoms with Crippen molar-refractivity contribution in [2.45, 2.75) is 12.6 Å². The first-order valence-electron chi connectivity index (χ1n) is 10.1. The van der Waals surface area contributed by atoms with Crippen molar-refractivity contribution in [1.29, 1.82) is 0 Å². The number of phenols is 1. The van der Waals surface area contributed by atoms with Gasteiger partial charge in [-0.2, -0.15) is 0 Å². The molecule has 0 saturated heterocycles. The fourth-order valence-corrected chi connectivity index (χ4v) is 3.13. The summed E-state index contributed by atoms with van der Waals surface area (Å²) >= 11 is 0. The molecule has 0 unspecified atom stereocenters. The lowest BCUT2D eigenvalue weighted by Gasteiger charge is -2.18. The molecule has 0 aliphatic rings. The second-order valence-corrected chi connectivity index (χ2v) is 6.91. The van der Waals surface area contributed by atoms with Crippen LogP contribution < -0.4 is 21.3 Å². The number of carbonyl (C=O) groups excluding carboxylic acids is 2. The Kier molecular flexibility index (Phi) is 9.70. The molecule has 0 fully saturated rings. The number of phenolic OH excluding ortho intramolecular Hbond substituents is 1. The van der Waals surface area contributed by atoms with E-state index in [9.17, 15) is 19.8 Å². The summed E-state index contributed by atoms with van der Waals surface area (Å²) in [6.07, 6.45) is 2.66. The highest BCUT2D eigenvalue weighted by Crippen LogP contribution is 2.33. The number of allylic oxidation sites excluding steroid dienone is 1. The van der Waals surface area contributed by atoms with Crippen LogP contribution in [0.15, 0.2) is 42.5 Å². The van der Waals surface area contributed by atoms with E-state index in [0.29, 0.717) is 48.3 Å². The van der Waals surface area contributed by atoms with Crippen molar-refractivity contribution in [2.75, 3.05) is 39.0 Å². The number of nitrogens with one attached hydrogen (secondary N) is 4. The molecule has 0 heterocycles. The predicted molar refractivity (Wildman–Crippen MR) is 122 cm³/mol. The van der Waals surface area contributed by atoms with E-state index >= 15 is 0 Å². The van der Waals surface area contributed by atoms with E-state index in [1.54, 1.807) is 31.3 Å². The summed E-state index contributed by atoms with van der Waals surface area (Å²) in [6, 6.07) is 10.4. The molecule has 2 aromatic rings. The van der Waals surface area contributed by atoms with E-state index in [1.165, 1.54) is 12.1 Å². The van der Waals surface area contributed by atoms with Crippen molar-refractivity contribution in [3.05, 3.63) is 64.7 Å². The summed E-state index contributed by atoms with van der Waals surface area (Å²) in [4.78, 5) is 22.8. The highest BCUT2D eigenvalue weighted by molar-refractivity contribution is 5.94. The topological polar surface area (TPSA) is 123 Å². The zero-order chi connectivity index (χ0) is 22.6. The third-order valence-electron chi connectivity index (χ3n) is 4.75. The molecule has 0 spiro atoms. The lowest BCUT2D eigenvalue weighted by Crippen LogP contribution is -2.30. The molecule has 31 heavy (non-hydrogen) atoms. The van der Waals surface area contributed by atoms with Gasteiger partial charge in [0.05, 0.1) is 11.8 Å². The standard InChI is InChI=1S/C23H30N4O4/c1-24-11-12-27-23(31)17-7-5-16(6-8-17)14-26-15-21(30)18-9-10-20(29)22(25-2)19(18)4-3-13-28/h3-10,13,21,24-26,29-30H,11-12,14-15H2,1-2H3,(H,27,31)/b4-3-/t21-/m0/s1. The Balaban J connectivity index is 1.98. The first kappa shape index (κ1) is 24.1. The zero-order valence-corrected chi connectivity index (χ0v) is 17.8. The van der Waals surface area contributed by atoms with Gasteiger partial charge in [-0.1, -0.05) is 18.2 Å². The van der Waals surface area contributed by atoms with Gasteiger partial charge in [0.15, 0.2) is 0 Å². The number of carbonyl (C=O) groups is 2. The number of benzene rings is 2. The maximum atomic E-state index is 12.0. The number of hydrogen-bond acceptors (Lipinski definition) is 7. The van der Waals surface area contributed by atoms with Gasteiger partial charge in [0.2, 0.25) is 0 Å². The summed E-state index contributed by atoms with van der Waals surface area (Å²) in [5.41, 5.74) is 3.15. The van der Waals surface area contributed by atoms with Gasteiger partial charge < -0.3 is 31.5 Å². The number of hydrogen-bond donors (Lipinski definition) is 6. The number of aliphatic hydroxyl groups is 1. The molecule has 1 amide bonds. The SMILES string of the molecule is CNCCNC(=O)c1ccc(CNC[C@H](O)c2ccc(O)c(NC)c2/C=C\C=O)cc1. The first-order chi connectivity index (χ1) is 15.0. The van der Waals surface area contributed by atoms with E-state index in [0.717, 1.165) is 5.56 Å². The molecule has 1 atom stereocenters. The van der Waals surface area contributed by atoms with Gasteiger partial charge in [0.25, 0.3) is 5.91 Å². The number of rotatable bonds is 12. The zero-order valence-electron chi connectivity index (χ0n) is 17.8. The van der Waals surface area contributed by atoms with Crippen molar-refractivity contribution < 1.29 is 19.8 Å². The molecule has 0 aromatic heterocycles. The third kappa shape index (κ3) is 6.92. The number of aliphatic hydroxyl groups excluding tert-OH is 1. The minimum absolute atomic E-state index is 0.0343. The third-order valence-corrected chi connectivity index (χ3v) is 4.75. The van der Waals surface area contributed by atoms with Gasteiger partial charge >= 0.3 is 0 Å². The van der Waals surface area contributed by atoms with Crippen molar-refractivity contribution >= 4 is 24.0 Å². The van der Waals surface area contributed by atoms with Crippen LogP contribution in [0.2, 0.25) is 0 Å². The molecule has 0 aliphatic heterocycles. The molecule has 0 radical (unpaired) electrons. The van der Waals surface area contributed by atoms with E-state index in [-0.39, 0.29) is 18.2 Å². The Bertz CT molecular complexity index is 897. The van der Waals surface area contributed by atoms with Crippen LogP contribution in [-0.2, 0) is 11.3 Å². The maximum absolute atomic E-state index is 12.0. The van der Waals surface area contributed by atoms with Crippen LogP contribution in [0.3, 0.4) is 0 Å². The lowest BCUT2D eigenvalue weighted by molar-refractivity contribution is -0.104. The van der Waals surface area contributed by atoms with Gasteiger partial charge in [0, 0.05) is 44.4 Å². The van der Waals surface area contributed by atoms with Crippen molar-refractivity contribution in [3.8, 4) is 5.75 Å². The van der Waals surface area contributed by atoms with Crippen molar-refractivity contribution in [1.82, 2.24) is 16.0 Å². The smallest absolute Gasteiger partial charge is 0.251 e. The van der Waals surface area contributed by atoms with E-state index in [4.69, 9.17) is 0 Å². The summed E-state index contributed by atoms with van der Waals surface area (Å²) in [7, 11) is 3.49. The van der Waals surface area contributed by atoms with E-state index in [2.05, 4.69) is 21.3 Å². The predicted octanol–water partition coefficient (Wildman–Crippen LogP) is 1.42. The first-order valence-corrected chi connectivity index (χ1v) is 10.1. The van der Waals surface area contributed by atoms with Gasteiger partial charge in [-0.15, -0.1) is 0 Å². The lowest BCUT2D eigenvalue weighted by atomic mass is 9.99. The van der Waals surface area contributed by atoms with Crippen LogP contribution in [-0.4, -0.2) is 56.1 Å². The number of aromatic hydroxyl groups is 1. The second-order valence-electron chi connectivity index (χ2n) is 6.91. The summed E-state index contributed by atoms with van der Waals surface area (Å²) < 4.78 is 0. The fraction of sp³-hybridized carbons (Fsp3) is 0.304. The van der Waals surface area contributed by atoms with Crippen LogP contribution in [0.4, 0.5) is 5.69 Å². The minimum Gasteiger partial charge on any atom is -0.506 e. The summed E-state index contributed by atoms with van der Waals surface area (Å²) in [5.74, 6) is -0.0826. The highest BCUT2D eigenvalue weighted by Gasteiger charge is 2.16. The molecule has 0 aliphatic carbocycles. The van der Waals surface area contributed by atoms with E-state index < -0.39 is 6.10 Å². The van der Waals surface area contributed by atoms with Crippen molar-refractivity contribution in [2.24, 2.45) is 0 Å². The molecule has 2 rings (SSSR count). The molecular weight excluding hydrogens is 396 g/mol. The summed E-state index contributed by atoms with van der Waals surface area (Å²) in [5, 5.41) is 32.6. The average molecular weight is 427 g/mol.